The molecule has 0 saturated carbocycles. The molecule has 17 heavy (non-hydrogen) atoms. The van der Waals surface area contributed by atoms with Crippen molar-refractivity contribution >= 4 is 5.97 Å². The van der Waals surface area contributed by atoms with E-state index in [2.05, 4.69) is 4.98 Å². The molecule has 3 nitrogen and oxygen atoms in total. The summed E-state index contributed by atoms with van der Waals surface area (Å²) in [6.45, 7) is 2.10. The summed E-state index contributed by atoms with van der Waals surface area (Å²) in [6, 6.07) is 0. The van der Waals surface area contributed by atoms with E-state index in [4.69, 9.17) is 4.74 Å². The summed E-state index contributed by atoms with van der Waals surface area (Å²) >= 11 is 0. The van der Waals surface area contributed by atoms with Crippen molar-refractivity contribution in [3.63, 3.8) is 0 Å². The molecule has 0 fully saturated rings. The molecule has 0 amide bonds. The van der Waals surface area contributed by atoms with Gasteiger partial charge in [0, 0.05) is 18.0 Å². The van der Waals surface area contributed by atoms with Crippen molar-refractivity contribution in [3.8, 4) is 0 Å². The number of nitrogens with one attached hydrogen (secondary N) is 1. The highest BCUT2D eigenvalue weighted by Crippen LogP contribution is 2.50. The normalized spacial score (nSPS) is 25.4. The van der Waals surface area contributed by atoms with E-state index in [-0.39, 0.29) is 23.6 Å². The molecule has 2 atom stereocenters. The SMILES string of the molecule is CCOC(=O)c1[nH]cc2c1C1CCC2C=C1F. The Morgan fingerprint density at radius 2 is 2.41 bits per heavy atom. The minimum Gasteiger partial charge on any atom is -0.461 e. The van der Waals surface area contributed by atoms with E-state index in [9.17, 15) is 9.18 Å². The van der Waals surface area contributed by atoms with Crippen molar-refractivity contribution in [2.24, 2.45) is 0 Å². The number of hydrogen-bond acceptors (Lipinski definition) is 2. The van der Waals surface area contributed by atoms with Gasteiger partial charge in [-0.15, -0.1) is 0 Å². The summed E-state index contributed by atoms with van der Waals surface area (Å²) in [5.41, 5.74) is 2.31. The Morgan fingerprint density at radius 3 is 3.12 bits per heavy atom. The van der Waals surface area contributed by atoms with E-state index in [1.54, 1.807) is 13.0 Å². The predicted octanol–water partition coefficient (Wildman–Crippen LogP) is 3.02. The van der Waals surface area contributed by atoms with Gasteiger partial charge in [-0.2, -0.15) is 0 Å². The van der Waals surface area contributed by atoms with Gasteiger partial charge < -0.3 is 9.72 Å². The summed E-state index contributed by atoms with van der Waals surface area (Å²) in [4.78, 5) is 14.7. The van der Waals surface area contributed by atoms with E-state index in [1.165, 1.54) is 0 Å². The summed E-state index contributed by atoms with van der Waals surface area (Å²) < 4.78 is 18.7. The Balaban J connectivity index is 2.05. The number of esters is 1. The first-order valence-corrected chi connectivity index (χ1v) is 5.97. The van der Waals surface area contributed by atoms with Crippen LogP contribution in [0.15, 0.2) is 18.1 Å². The minimum absolute atomic E-state index is 0.0982. The molecule has 0 spiro atoms. The number of halogens is 1. The average molecular weight is 235 g/mol. The topological polar surface area (TPSA) is 42.1 Å². The zero-order valence-corrected chi connectivity index (χ0v) is 9.63. The second-order valence-corrected chi connectivity index (χ2v) is 4.54. The standard InChI is InChI=1S/C13H14FNO2/c1-2-17-13(16)12-11-8-4-3-7(5-10(8)14)9(11)6-15-12/h5-8,15H,2-4H2,1H3. The Hall–Kier alpha value is -1.58. The first kappa shape index (κ1) is 10.6. The van der Waals surface area contributed by atoms with Crippen molar-refractivity contribution in [2.45, 2.75) is 31.6 Å². The molecule has 3 aliphatic carbocycles. The molecule has 2 unspecified atom stereocenters. The van der Waals surface area contributed by atoms with E-state index < -0.39 is 0 Å². The molecule has 0 radical (unpaired) electrons. The van der Waals surface area contributed by atoms with Crippen LogP contribution in [0.2, 0.25) is 0 Å². The Morgan fingerprint density at radius 1 is 1.59 bits per heavy atom. The second kappa shape index (κ2) is 3.72. The van der Waals surface area contributed by atoms with Crippen molar-refractivity contribution in [2.75, 3.05) is 6.61 Å². The lowest BCUT2D eigenvalue weighted by Gasteiger charge is -2.32. The molecule has 1 heterocycles. The number of rotatable bonds is 2. The number of carbonyl (C=O) groups is 1. The van der Waals surface area contributed by atoms with Crippen LogP contribution in [0, 0.1) is 0 Å². The quantitative estimate of drug-likeness (QED) is 0.800. The molecule has 90 valence electrons. The molecule has 3 aliphatic rings. The van der Waals surface area contributed by atoms with E-state index in [0.717, 1.165) is 24.0 Å². The van der Waals surface area contributed by atoms with Crippen molar-refractivity contribution in [3.05, 3.63) is 34.9 Å². The molecule has 1 N–H and O–H groups in total. The van der Waals surface area contributed by atoms with Crippen LogP contribution in [-0.2, 0) is 4.74 Å². The largest absolute Gasteiger partial charge is 0.461 e. The fraction of sp³-hybridized carbons (Fsp3) is 0.462. The van der Waals surface area contributed by atoms with Crippen LogP contribution in [-0.4, -0.2) is 17.6 Å². The second-order valence-electron chi connectivity index (χ2n) is 4.54. The van der Waals surface area contributed by atoms with Crippen LogP contribution in [0.5, 0.6) is 0 Å². The average Bonchev–Trinajstić information content (AvgIpc) is 2.76. The van der Waals surface area contributed by atoms with Crippen LogP contribution < -0.4 is 0 Å². The fourth-order valence-corrected chi connectivity index (χ4v) is 2.91. The third-order valence-corrected chi connectivity index (χ3v) is 3.64. The lowest BCUT2D eigenvalue weighted by Crippen LogP contribution is -2.21. The maximum absolute atomic E-state index is 13.8. The molecule has 2 bridgehead atoms. The Bertz CT molecular complexity index is 504. The monoisotopic (exact) mass is 235 g/mol. The molecule has 0 saturated heterocycles. The maximum atomic E-state index is 13.8. The summed E-state index contributed by atoms with van der Waals surface area (Å²) in [6.07, 6.45) is 5.25. The number of aromatic amines is 1. The highest BCUT2D eigenvalue weighted by atomic mass is 19.1. The number of ether oxygens (including phenoxy) is 1. The van der Waals surface area contributed by atoms with E-state index in [0.29, 0.717) is 12.3 Å². The predicted molar refractivity (Wildman–Crippen MR) is 60.7 cm³/mol. The Kier molecular flexibility index (Phi) is 2.31. The fourth-order valence-electron chi connectivity index (χ4n) is 2.91. The number of hydrogen-bond donors (Lipinski definition) is 1. The van der Waals surface area contributed by atoms with Crippen molar-refractivity contribution in [1.29, 1.82) is 0 Å². The number of carbonyl (C=O) groups excluding carboxylic acids is 1. The van der Waals surface area contributed by atoms with Gasteiger partial charge in [0.05, 0.1) is 6.61 Å². The van der Waals surface area contributed by atoms with Gasteiger partial charge in [-0.05, 0) is 37.0 Å². The van der Waals surface area contributed by atoms with Crippen LogP contribution in [0.4, 0.5) is 4.39 Å². The molecule has 1 aromatic heterocycles. The van der Waals surface area contributed by atoms with Crippen LogP contribution in [0.25, 0.3) is 0 Å². The van der Waals surface area contributed by atoms with Crippen LogP contribution in [0.1, 0.15) is 53.2 Å². The zero-order chi connectivity index (χ0) is 12.0. The van der Waals surface area contributed by atoms with Gasteiger partial charge in [0.25, 0.3) is 0 Å². The first-order chi connectivity index (χ1) is 8.22. The van der Waals surface area contributed by atoms with Crippen molar-refractivity contribution < 1.29 is 13.9 Å². The number of allylic oxidation sites excluding steroid dienone is 2. The van der Waals surface area contributed by atoms with Gasteiger partial charge in [-0.3, -0.25) is 0 Å². The summed E-state index contributed by atoms with van der Waals surface area (Å²) in [5, 5.41) is 0. The lowest BCUT2D eigenvalue weighted by molar-refractivity contribution is 0.0518. The Labute approximate surface area is 98.7 Å². The number of aromatic nitrogens is 1. The van der Waals surface area contributed by atoms with Crippen LogP contribution >= 0.6 is 0 Å². The maximum Gasteiger partial charge on any atom is 0.355 e. The summed E-state index contributed by atoms with van der Waals surface area (Å²) in [7, 11) is 0. The van der Waals surface area contributed by atoms with Gasteiger partial charge in [0.2, 0.25) is 0 Å². The highest BCUT2D eigenvalue weighted by Gasteiger charge is 2.38. The molecule has 1 aromatic rings. The first-order valence-electron chi connectivity index (χ1n) is 5.97. The molecular weight excluding hydrogens is 221 g/mol. The number of H-pyrrole nitrogens is 1. The third-order valence-electron chi connectivity index (χ3n) is 3.64. The van der Waals surface area contributed by atoms with Gasteiger partial charge >= 0.3 is 5.97 Å². The molecule has 0 aliphatic heterocycles. The zero-order valence-electron chi connectivity index (χ0n) is 9.63. The van der Waals surface area contributed by atoms with Gasteiger partial charge in [-0.1, -0.05) is 0 Å². The molecular formula is C13H14FNO2. The molecule has 4 heteroatoms. The van der Waals surface area contributed by atoms with Crippen LogP contribution in [0.3, 0.4) is 0 Å². The van der Waals surface area contributed by atoms with Crippen molar-refractivity contribution in [1.82, 2.24) is 4.98 Å². The highest BCUT2D eigenvalue weighted by molar-refractivity contribution is 5.90. The molecule has 4 rings (SSSR count). The van der Waals surface area contributed by atoms with Gasteiger partial charge in [0.15, 0.2) is 0 Å². The van der Waals surface area contributed by atoms with Gasteiger partial charge in [0.1, 0.15) is 11.5 Å². The van der Waals surface area contributed by atoms with E-state index in [1.807, 2.05) is 6.20 Å². The minimum atomic E-state index is -0.380. The van der Waals surface area contributed by atoms with E-state index >= 15 is 0 Å². The van der Waals surface area contributed by atoms with Gasteiger partial charge in [-0.25, -0.2) is 9.18 Å². The summed E-state index contributed by atoms with van der Waals surface area (Å²) in [5.74, 6) is -0.608. The smallest absolute Gasteiger partial charge is 0.355 e. The third kappa shape index (κ3) is 1.43. The molecule has 0 aromatic carbocycles. The number of fused-ring (bicyclic) bond motifs is 1. The lowest BCUT2D eigenvalue weighted by atomic mass is 9.72.